The van der Waals surface area contributed by atoms with E-state index in [2.05, 4.69) is 4.98 Å². The number of aromatic nitrogens is 1. The Balaban J connectivity index is 1.63. The second-order valence-electron chi connectivity index (χ2n) is 6.98. The molecule has 0 aliphatic heterocycles. The first-order valence-electron chi connectivity index (χ1n) is 9.80. The minimum Gasteiger partial charge on any atom is -0.457 e. The number of carbonyl (C=O) groups is 1. The normalized spacial score (nSPS) is 10.4. The molecule has 0 aliphatic rings. The summed E-state index contributed by atoms with van der Waals surface area (Å²) in [6, 6.07) is 29.0. The van der Waals surface area contributed by atoms with Gasteiger partial charge in [0, 0.05) is 23.6 Å². The highest BCUT2D eigenvalue weighted by molar-refractivity contribution is 6.06. The number of pyridine rings is 1. The van der Waals surface area contributed by atoms with Gasteiger partial charge >= 0.3 is 0 Å². The number of aryl methyl sites for hydroxylation is 1. The summed E-state index contributed by atoms with van der Waals surface area (Å²) in [5.41, 5.74) is 3.36. The third-order valence-corrected chi connectivity index (χ3v) is 4.81. The van der Waals surface area contributed by atoms with Crippen LogP contribution in [0.3, 0.4) is 0 Å². The second-order valence-corrected chi connectivity index (χ2v) is 6.98. The molecule has 0 radical (unpaired) electrons. The molecule has 0 bridgehead atoms. The predicted octanol–water partition coefficient (Wildman–Crippen LogP) is 6.03. The molecule has 1 amide bonds. The van der Waals surface area contributed by atoms with Gasteiger partial charge in [-0.15, -0.1) is 0 Å². The monoisotopic (exact) mass is 394 g/mol. The average Bonchev–Trinajstić information content (AvgIpc) is 2.79. The first-order chi connectivity index (χ1) is 14.7. The Morgan fingerprint density at radius 2 is 1.47 bits per heavy atom. The Morgan fingerprint density at radius 3 is 2.13 bits per heavy atom. The quantitative estimate of drug-likeness (QED) is 0.401. The highest BCUT2D eigenvalue weighted by Crippen LogP contribution is 2.27. The third-order valence-electron chi connectivity index (χ3n) is 4.81. The van der Waals surface area contributed by atoms with E-state index in [1.807, 2.05) is 91.9 Å². The summed E-state index contributed by atoms with van der Waals surface area (Å²) in [6.07, 6.45) is 3.36. The van der Waals surface area contributed by atoms with Crippen LogP contribution in [0.4, 0.5) is 5.69 Å². The molecular formula is C26H22N2O2. The second kappa shape index (κ2) is 9.05. The number of carbonyl (C=O) groups excluding carboxylic acids is 1. The lowest BCUT2D eigenvalue weighted by atomic mass is 10.1. The SMILES string of the molecule is Cc1cnccc1C(=O)N(Cc1ccccc1)c1ccc(Oc2ccccc2)cc1. The Kier molecular flexibility index (Phi) is 5.85. The van der Waals surface area contributed by atoms with Crippen molar-refractivity contribution in [3.63, 3.8) is 0 Å². The average molecular weight is 394 g/mol. The predicted molar refractivity (Wildman–Crippen MR) is 119 cm³/mol. The molecule has 4 nitrogen and oxygen atoms in total. The van der Waals surface area contributed by atoms with Gasteiger partial charge in [-0.05, 0) is 60.5 Å². The van der Waals surface area contributed by atoms with Crippen LogP contribution in [0.15, 0.2) is 103 Å². The number of anilines is 1. The van der Waals surface area contributed by atoms with Crippen molar-refractivity contribution >= 4 is 11.6 Å². The first kappa shape index (κ1) is 19.4. The van der Waals surface area contributed by atoms with Crippen molar-refractivity contribution in [3.8, 4) is 11.5 Å². The Bertz CT molecular complexity index is 1110. The summed E-state index contributed by atoms with van der Waals surface area (Å²) >= 11 is 0. The molecule has 4 heteroatoms. The summed E-state index contributed by atoms with van der Waals surface area (Å²) in [6.45, 7) is 2.37. The van der Waals surface area contributed by atoms with Gasteiger partial charge in [-0.25, -0.2) is 0 Å². The third kappa shape index (κ3) is 4.55. The van der Waals surface area contributed by atoms with Crippen molar-refractivity contribution in [1.82, 2.24) is 4.98 Å². The van der Waals surface area contributed by atoms with Crippen LogP contribution in [0, 0.1) is 6.92 Å². The van der Waals surface area contributed by atoms with Gasteiger partial charge in [-0.1, -0.05) is 48.5 Å². The van der Waals surface area contributed by atoms with Crippen molar-refractivity contribution in [2.24, 2.45) is 0 Å². The minimum absolute atomic E-state index is 0.0597. The standard InChI is InChI=1S/C26H22N2O2/c1-20-18-27-17-16-25(20)26(29)28(19-21-8-4-2-5-9-21)22-12-14-24(15-13-22)30-23-10-6-3-7-11-23/h2-18H,19H2,1H3. The summed E-state index contributed by atoms with van der Waals surface area (Å²) in [5.74, 6) is 1.43. The van der Waals surface area contributed by atoms with Gasteiger partial charge in [0.05, 0.1) is 6.54 Å². The zero-order valence-corrected chi connectivity index (χ0v) is 16.7. The first-order valence-corrected chi connectivity index (χ1v) is 9.80. The summed E-state index contributed by atoms with van der Waals surface area (Å²) < 4.78 is 5.88. The van der Waals surface area contributed by atoms with Crippen LogP contribution < -0.4 is 9.64 Å². The molecule has 0 atom stereocenters. The fourth-order valence-electron chi connectivity index (χ4n) is 3.22. The topological polar surface area (TPSA) is 42.4 Å². The Hall–Kier alpha value is -3.92. The van der Waals surface area contributed by atoms with Crippen molar-refractivity contribution < 1.29 is 9.53 Å². The largest absolute Gasteiger partial charge is 0.457 e. The number of benzene rings is 3. The van der Waals surface area contributed by atoms with Crippen molar-refractivity contribution in [3.05, 3.63) is 120 Å². The number of hydrogen-bond donors (Lipinski definition) is 0. The molecule has 0 spiro atoms. The number of amides is 1. The van der Waals surface area contributed by atoms with Crippen LogP contribution in [0.2, 0.25) is 0 Å². The smallest absolute Gasteiger partial charge is 0.258 e. The van der Waals surface area contributed by atoms with Gasteiger partial charge in [0.2, 0.25) is 0 Å². The zero-order valence-electron chi connectivity index (χ0n) is 16.7. The maximum atomic E-state index is 13.4. The van der Waals surface area contributed by atoms with E-state index in [1.165, 1.54) is 0 Å². The highest BCUT2D eigenvalue weighted by Gasteiger charge is 2.20. The molecule has 4 aromatic rings. The van der Waals surface area contributed by atoms with Gasteiger partial charge in [0.25, 0.3) is 5.91 Å². The highest BCUT2D eigenvalue weighted by atomic mass is 16.5. The van der Waals surface area contributed by atoms with Crippen LogP contribution in [0.1, 0.15) is 21.5 Å². The lowest BCUT2D eigenvalue weighted by Crippen LogP contribution is -2.31. The van der Waals surface area contributed by atoms with Crippen LogP contribution in [-0.2, 0) is 6.54 Å². The van der Waals surface area contributed by atoms with E-state index in [9.17, 15) is 4.79 Å². The van der Waals surface area contributed by atoms with Crippen LogP contribution in [0.5, 0.6) is 11.5 Å². The van der Waals surface area contributed by atoms with E-state index in [4.69, 9.17) is 4.74 Å². The van der Waals surface area contributed by atoms with E-state index < -0.39 is 0 Å². The number of ether oxygens (including phenoxy) is 1. The van der Waals surface area contributed by atoms with Crippen molar-refractivity contribution in [1.29, 1.82) is 0 Å². The maximum Gasteiger partial charge on any atom is 0.258 e. The maximum absolute atomic E-state index is 13.4. The molecule has 30 heavy (non-hydrogen) atoms. The number of rotatable bonds is 6. The summed E-state index contributed by atoms with van der Waals surface area (Å²) in [4.78, 5) is 19.3. The summed E-state index contributed by atoms with van der Waals surface area (Å²) in [5, 5.41) is 0. The van der Waals surface area contributed by atoms with E-state index in [0.717, 1.165) is 28.3 Å². The molecule has 0 fully saturated rings. The fraction of sp³-hybridized carbons (Fsp3) is 0.0769. The van der Waals surface area contributed by atoms with E-state index in [0.29, 0.717) is 12.1 Å². The van der Waals surface area contributed by atoms with Crippen LogP contribution in [0.25, 0.3) is 0 Å². The lowest BCUT2D eigenvalue weighted by Gasteiger charge is -2.24. The summed E-state index contributed by atoms with van der Waals surface area (Å²) in [7, 11) is 0. The number of hydrogen-bond acceptors (Lipinski definition) is 3. The fourth-order valence-corrected chi connectivity index (χ4v) is 3.22. The molecule has 0 aliphatic carbocycles. The molecule has 0 unspecified atom stereocenters. The van der Waals surface area contributed by atoms with Gasteiger partial charge in [-0.3, -0.25) is 9.78 Å². The zero-order chi connectivity index (χ0) is 20.8. The van der Waals surface area contributed by atoms with Crippen LogP contribution >= 0.6 is 0 Å². The van der Waals surface area contributed by atoms with Gasteiger partial charge in [0.15, 0.2) is 0 Å². The van der Waals surface area contributed by atoms with Gasteiger partial charge in [0.1, 0.15) is 11.5 Å². The van der Waals surface area contributed by atoms with E-state index >= 15 is 0 Å². The Labute approximate surface area is 176 Å². The Morgan fingerprint density at radius 1 is 0.833 bits per heavy atom. The molecular weight excluding hydrogens is 372 g/mol. The van der Waals surface area contributed by atoms with E-state index in [1.54, 1.807) is 23.4 Å². The molecule has 0 saturated carbocycles. The van der Waals surface area contributed by atoms with Crippen LogP contribution in [-0.4, -0.2) is 10.9 Å². The minimum atomic E-state index is -0.0597. The van der Waals surface area contributed by atoms with Crippen molar-refractivity contribution in [2.45, 2.75) is 13.5 Å². The number of para-hydroxylation sites is 1. The molecule has 1 heterocycles. The molecule has 3 aromatic carbocycles. The number of nitrogens with zero attached hydrogens (tertiary/aromatic N) is 2. The van der Waals surface area contributed by atoms with Gasteiger partial charge in [-0.2, -0.15) is 0 Å². The van der Waals surface area contributed by atoms with Gasteiger partial charge < -0.3 is 9.64 Å². The van der Waals surface area contributed by atoms with E-state index in [-0.39, 0.29) is 5.91 Å². The molecule has 4 rings (SSSR count). The molecule has 1 aromatic heterocycles. The van der Waals surface area contributed by atoms with Crippen molar-refractivity contribution in [2.75, 3.05) is 4.90 Å². The molecule has 0 saturated heterocycles. The lowest BCUT2D eigenvalue weighted by molar-refractivity contribution is 0.0984. The molecule has 148 valence electrons. The molecule has 0 N–H and O–H groups in total.